The summed E-state index contributed by atoms with van der Waals surface area (Å²) in [5, 5.41) is 9.32. The van der Waals surface area contributed by atoms with Crippen molar-refractivity contribution in [1.29, 1.82) is 0 Å². The van der Waals surface area contributed by atoms with Gasteiger partial charge in [-0.15, -0.1) is 10.2 Å². The van der Waals surface area contributed by atoms with Gasteiger partial charge in [0.05, 0.1) is 18.1 Å². The Morgan fingerprint density at radius 1 is 1.20 bits per heavy atom. The molecule has 1 aliphatic heterocycles. The van der Waals surface area contributed by atoms with E-state index in [0.29, 0.717) is 24.2 Å². The zero-order chi connectivity index (χ0) is 20.9. The SMILES string of the molecule is CCC1CCCCN1C(=O)C(C)Sc1nnc(-c2ccco2)n1Cc1ccccc1. The summed E-state index contributed by atoms with van der Waals surface area (Å²) in [7, 11) is 0. The summed E-state index contributed by atoms with van der Waals surface area (Å²) in [6.45, 7) is 5.62. The van der Waals surface area contributed by atoms with Crippen LogP contribution in [-0.2, 0) is 11.3 Å². The van der Waals surface area contributed by atoms with Gasteiger partial charge in [-0.05, 0) is 50.3 Å². The largest absolute Gasteiger partial charge is 0.461 e. The molecule has 3 heterocycles. The highest BCUT2D eigenvalue weighted by Crippen LogP contribution is 2.30. The Balaban J connectivity index is 1.58. The molecule has 3 aromatic rings. The molecule has 0 radical (unpaired) electrons. The molecule has 0 N–H and O–H groups in total. The number of benzene rings is 1. The Morgan fingerprint density at radius 2 is 2.03 bits per heavy atom. The monoisotopic (exact) mass is 424 g/mol. The standard InChI is InChI=1S/C23H28N4O2S/c1-3-19-12-7-8-14-26(19)22(28)17(2)30-23-25-24-21(20-13-9-15-29-20)27(23)16-18-10-5-4-6-11-18/h4-6,9-11,13,15,17,19H,3,7-8,12,14,16H2,1-2H3. The van der Waals surface area contributed by atoms with E-state index in [4.69, 9.17) is 4.42 Å². The van der Waals surface area contributed by atoms with E-state index in [2.05, 4.69) is 34.2 Å². The van der Waals surface area contributed by atoms with E-state index in [9.17, 15) is 4.79 Å². The number of nitrogens with zero attached hydrogens (tertiary/aromatic N) is 4. The maximum Gasteiger partial charge on any atom is 0.236 e. The molecule has 1 aromatic carbocycles. The summed E-state index contributed by atoms with van der Waals surface area (Å²) in [6, 6.07) is 14.3. The second-order valence-electron chi connectivity index (χ2n) is 7.70. The minimum absolute atomic E-state index is 0.195. The quantitative estimate of drug-likeness (QED) is 0.507. The highest BCUT2D eigenvalue weighted by molar-refractivity contribution is 8.00. The molecule has 7 heteroatoms. The fourth-order valence-electron chi connectivity index (χ4n) is 4.03. The first kappa shape index (κ1) is 20.7. The highest BCUT2D eigenvalue weighted by atomic mass is 32.2. The average Bonchev–Trinajstić information content (AvgIpc) is 3.44. The number of rotatable bonds is 7. The van der Waals surface area contributed by atoms with Crippen LogP contribution in [0.25, 0.3) is 11.6 Å². The molecule has 1 saturated heterocycles. The minimum atomic E-state index is -0.222. The van der Waals surface area contributed by atoms with E-state index in [-0.39, 0.29) is 11.2 Å². The lowest BCUT2D eigenvalue weighted by atomic mass is 10.00. The molecule has 2 aromatic heterocycles. The number of furan rings is 1. The first-order chi connectivity index (χ1) is 14.7. The van der Waals surface area contributed by atoms with Crippen LogP contribution in [0, 0.1) is 0 Å². The smallest absolute Gasteiger partial charge is 0.236 e. The van der Waals surface area contributed by atoms with E-state index >= 15 is 0 Å². The van der Waals surface area contributed by atoms with Crippen LogP contribution in [0.1, 0.15) is 45.1 Å². The van der Waals surface area contributed by atoms with Crippen molar-refractivity contribution in [3.05, 3.63) is 54.3 Å². The Hall–Kier alpha value is -2.54. The van der Waals surface area contributed by atoms with Crippen molar-refractivity contribution >= 4 is 17.7 Å². The van der Waals surface area contributed by atoms with Crippen molar-refractivity contribution in [3.8, 4) is 11.6 Å². The van der Waals surface area contributed by atoms with Crippen LogP contribution in [-0.4, -0.2) is 43.4 Å². The second kappa shape index (κ2) is 9.51. The molecular weight excluding hydrogens is 396 g/mol. The van der Waals surface area contributed by atoms with Crippen LogP contribution < -0.4 is 0 Å². The molecule has 2 unspecified atom stereocenters. The van der Waals surface area contributed by atoms with Gasteiger partial charge in [0.15, 0.2) is 10.9 Å². The van der Waals surface area contributed by atoms with Gasteiger partial charge in [-0.1, -0.05) is 49.0 Å². The fourth-order valence-corrected chi connectivity index (χ4v) is 4.95. The van der Waals surface area contributed by atoms with Crippen LogP contribution in [0.15, 0.2) is 58.3 Å². The van der Waals surface area contributed by atoms with Crippen molar-refractivity contribution in [3.63, 3.8) is 0 Å². The Kier molecular flexibility index (Phi) is 6.57. The number of thioether (sulfide) groups is 1. The molecule has 0 aliphatic carbocycles. The number of hydrogen-bond acceptors (Lipinski definition) is 5. The van der Waals surface area contributed by atoms with Gasteiger partial charge in [0.1, 0.15) is 0 Å². The predicted octanol–water partition coefficient (Wildman–Crippen LogP) is 4.86. The van der Waals surface area contributed by atoms with Gasteiger partial charge in [0.2, 0.25) is 11.7 Å². The fraction of sp³-hybridized carbons (Fsp3) is 0.435. The number of piperidine rings is 1. The summed E-state index contributed by atoms with van der Waals surface area (Å²) in [5.41, 5.74) is 1.15. The van der Waals surface area contributed by atoms with Crippen molar-refractivity contribution in [2.75, 3.05) is 6.54 Å². The third kappa shape index (κ3) is 4.46. The van der Waals surface area contributed by atoms with E-state index in [0.717, 1.165) is 36.5 Å². The maximum absolute atomic E-state index is 13.2. The number of likely N-dealkylation sites (tertiary alicyclic amines) is 1. The zero-order valence-electron chi connectivity index (χ0n) is 17.5. The van der Waals surface area contributed by atoms with Crippen LogP contribution in [0.5, 0.6) is 0 Å². The molecule has 2 atom stereocenters. The number of carbonyl (C=O) groups excluding carboxylic acids is 1. The summed E-state index contributed by atoms with van der Waals surface area (Å²) < 4.78 is 7.62. The van der Waals surface area contributed by atoms with Gasteiger partial charge in [-0.25, -0.2) is 0 Å². The lowest BCUT2D eigenvalue weighted by Crippen LogP contribution is -2.46. The molecule has 1 amide bonds. The van der Waals surface area contributed by atoms with E-state index in [1.165, 1.54) is 18.2 Å². The third-order valence-corrected chi connectivity index (χ3v) is 6.72. The molecule has 1 fully saturated rings. The van der Waals surface area contributed by atoms with E-state index in [1.54, 1.807) is 6.26 Å². The highest BCUT2D eigenvalue weighted by Gasteiger charge is 2.30. The molecule has 0 bridgehead atoms. The Labute approximate surface area is 181 Å². The molecule has 6 nitrogen and oxygen atoms in total. The molecular formula is C23H28N4O2S. The van der Waals surface area contributed by atoms with E-state index in [1.807, 2.05) is 41.8 Å². The number of aromatic nitrogens is 3. The summed E-state index contributed by atoms with van der Waals surface area (Å²) in [6.07, 6.45) is 6.05. The summed E-state index contributed by atoms with van der Waals surface area (Å²) >= 11 is 1.48. The molecule has 158 valence electrons. The van der Waals surface area contributed by atoms with Crippen LogP contribution in [0.2, 0.25) is 0 Å². The van der Waals surface area contributed by atoms with Gasteiger partial charge in [0, 0.05) is 12.6 Å². The lowest BCUT2D eigenvalue weighted by molar-refractivity contribution is -0.134. The maximum atomic E-state index is 13.2. The average molecular weight is 425 g/mol. The number of hydrogen-bond donors (Lipinski definition) is 0. The normalized spacial score (nSPS) is 17.8. The first-order valence-electron chi connectivity index (χ1n) is 10.7. The van der Waals surface area contributed by atoms with Crippen LogP contribution in [0.4, 0.5) is 0 Å². The van der Waals surface area contributed by atoms with Crippen molar-refractivity contribution in [2.45, 2.75) is 62.5 Å². The van der Waals surface area contributed by atoms with Crippen LogP contribution in [0.3, 0.4) is 0 Å². The van der Waals surface area contributed by atoms with Gasteiger partial charge < -0.3 is 9.32 Å². The molecule has 0 saturated carbocycles. The Morgan fingerprint density at radius 3 is 2.77 bits per heavy atom. The number of carbonyl (C=O) groups is 1. The predicted molar refractivity (Wildman–Crippen MR) is 118 cm³/mol. The Bertz CT molecular complexity index is 955. The van der Waals surface area contributed by atoms with Crippen molar-refractivity contribution in [1.82, 2.24) is 19.7 Å². The van der Waals surface area contributed by atoms with Crippen molar-refractivity contribution in [2.24, 2.45) is 0 Å². The second-order valence-corrected chi connectivity index (χ2v) is 9.01. The molecule has 30 heavy (non-hydrogen) atoms. The number of amides is 1. The summed E-state index contributed by atoms with van der Waals surface area (Å²) in [4.78, 5) is 15.3. The topological polar surface area (TPSA) is 64.2 Å². The molecule has 4 rings (SSSR count). The summed E-state index contributed by atoms with van der Waals surface area (Å²) in [5.74, 6) is 1.54. The molecule has 1 aliphatic rings. The van der Waals surface area contributed by atoms with Crippen molar-refractivity contribution < 1.29 is 9.21 Å². The molecule has 0 spiro atoms. The zero-order valence-corrected chi connectivity index (χ0v) is 18.3. The van der Waals surface area contributed by atoms with Gasteiger partial charge >= 0.3 is 0 Å². The third-order valence-electron chi connectivity index (χ3n) is 5.65. The van der Waals surface area contributed by atoms with Gasteiger partial charge in [-0.2, -0.15) is 0 Å². The van der Waals surface area contributed by atoms with Crippen LogP contribution >= 0.6 is 11.8 Å². The minimum Gasteiger partial charge on any atom is -0.461 e. The first-order valence-corrected chi connectivity index (χ1v) is 11.5. The van der Waals surface area contributed by atoms with E-state index < -0.39 is 0 Å². The lowest BCUT2D eigenvalue weighted by Gasteiger charge is -2.36. The van der Waals surface area contributed by atoms with Gasteiger partial charge in [0.25, 0.3) is 0 Å². The van der Waals surface area contributed by atoms with Gasteiger partial charge in [-0.3, -0.25) is 9.36 Å².